The Bertz CT molecular complexity index is 488. The third-order valence-corrected chi connectivity index (χ3v) is 2.30. The Hall–Kier alpha value is -2.78. The molecule has 0 aromatic heterocycles. The molecule has 0 rings (SSSR count). The zero-order valence-corrected chi connectivity index (χ0v) is 13.7. The van der Waals surface area contributed by atoms with Gasteiger partial charge in [-0.2, -0.15) is 0 Å². The largest absolute Gasteiger partial charge is 0.451 e. The molecule has 0 aliphatic rings. The Morgan fingerprint density at radius 2 is 0.958 bits per heavy atom. The molecule has 10 heteroatoms. The van der Waals surface area contributed by atoms with Gasteiger partial charge in [0.1, 0.15) is 0 Å². The van der Waals surface area contributed by atoms with Crippen molar-refractivity contribution in [3.05, 3.63) is 0 Å². The number of ether oxygens (including phenoxy) is 4. The van der Waals surface area contributed by atoms with Crippen molar-refractivity contribution in [1.82, 2.24) is 0 Å². The summed E-state index contributed by atoms with van der Waals surface area (Å²) >= 11 is 0. The molecule has 0 saturated heterocycles. The van der Waals surface area contributed by atoms with Crippen molar-refractivity contribution in [3.8, 4) is 0 Å². The molecule has 24 heavy (non-hydrogen) atoms. The fraction of sp³-hybridized carbons (Fsp3) is 0.571. The summed E-state index contributed by atoms with van der Waals surface area (Å²) in [6.07, 6.45) is -3.49. The van der Waals surface area contributed by atoms with E-state index in [1.54, 1.807) is 0 Å². The Labute approximate surface area is 137 Å². The second-order valence-electron chi connectivity index (χ2n) is 4.59. The first kappa shape index (κ1) is 21.2. The summed E-state index contributed by atoms with van der Waals surface area (Å²) < 4.78 is 17.8. The quantitative estimate of drug-likeness (QED) is 0.346. The highest BCUT2D eigenvalue weighted by Gasteiger charge is 2.23. The van der Waals surface area contributed by atoms with Crippen LogP contribution >= 0.6 is 0 Å². The lowest BCUT2D eigenvalue weighted by molar-refractivity contribution is -0.174. The van der Waals surface area contributed by atoms with Gasteiger partial charge in [-0.15, -0.1) is 0 Å². The van der Waals surface area contributed by atoms with Gasteiger partial charge in [0.05, 0.1) is 12.8 Å². The molecular weight excluding hydrogens is 328 g/mol. The molecule has 0 spiro atoms. The van der Waals surface area contributed by atoms with E-state index in [4.69, 9.17) is 0 Å². The Balaban J connectivity index is 4.20. The van der Waals surface area contributed by atoms with Crippen molar-refractivity contribution in [2.75, 3.05) is 0 Å². The second-order valence-corrected chi connectivity index (χ2v) is 4.59. The molecule has 0 aromatic carbocycles. The van der Waals surface area contributed by atoms with Gasteiger partial charge < -0.3 is 18.9 Å². The summed E-state index contributed by atoms with van der Waals surface area (Å²) in [5, 5.41) is 0. The molecule has 0 aliphatic heterocycles. The van der Waals surface area contributed by atoms with Gasteiger partial charge in [0.2, 0.25) is 0 Å². The summed E-state index contributed by atoms with van der Waals surface area (Å²) in [6, 6.07) is 0. The van der Waals surface area contributed by atoms with Crippen molar-refractivity contribution in [2.45, 2.75) is 52.7 Å². The highest BCUT2D eigenvalue weighted by atomic mass is 16.6. The number of carbonyl (C=O) groups is 6. The highest BCUT2D eigenvalue weighted by molar-refractivity contribution is 5.89. The maximum absolute atomic E-state index is 11.5. The molecule has 10 nitrogen and oxygen atoms in total. The van der Waals surface area contributed by atoms with Gasteiger partial charge in [-0.1, -0.05) is 0 Å². The van der Waals surface area contributed by atoms with Gasteiger partial charge in [0.15, 0.2) is 12.2 Å². The minimum Gasteiger partial charge on any atom is -0.451 e. The molecule has 134 valence electrons. The highest BCUT2D eigenvalue weighted by Crippen LogP contribution is 2.04. The van der Waals surface area contributed by atoms with Crippen LogP contribution < -0.4 is 0 Å². The molecule has 0 fully saturated rings. The first-order valence-corrected chi connectivity index (χ1v) is 6.86. The first-order chi connectivity index (χ1) is 11.0. The third-order valence-electron chi connectivity index (χ3n) is 2.30. The third kappa shape index (κ3) is 9.28. The number of hydrogen-bond acceptors (Lipinski definition) is 10. The van der Waals surface area contributed by atoms with Crippen molar-refractivity contribution in [1.29, 1.82) is 0 Å². The van der Waals surface area contributed by atoms with Crippen molar-refractivity contribution < 1.29 is 47.7 Å². The van der Waals surface area contributed by atoms with E-state index in [1.165, 1.54) is 13.8 Å². The average molecular weight is 346 g/mol. The van der Waals surface area contributed by atoms with E-state index in [9.17, 15) is 28.8 Å². The molecule has 0 N–H and O–H groups in total. The van der Waals surface area contributed by atoms with Crippen LogP contribution in [0.25, 0.3) is 0 Å². The van der Waals surface area contributed by atoms with Crippen LogP contribution in [0.4, 0.5) is 0 Å². The van der Waals surface area contributed by atoms with Crippen molar-refractivity contribution in [2.24, 2.45) is 0 Å². The summed E-state index contributed by atoms with van der Waals surface area (Å²) in [7, 11) is 0. The van der Waals surface area contributed by atoms with E-state index in [1.807, 2.05) is 0 Å². The SMILES string of the molecule is CC(=O)OC(=O)C(C)OC(=O)CCC(=O)OC(C)C(=O)OC(C)=O. The lowest BCUT2D eigenvalue weighted by Crippen LogP contribution is -2.29. The van der Waals surface area contributed by atoms with Crippen molar-refractivity contribution in [3.63, 3.8) is 0 Å². The van der Waals surface area contributed by atoms with E-state index in [-0.39, 0.29) is 0 Å². The van der Waals surface area contributed by atoms with Crippen LogP contribution in [0.3, 0.4) is 0 Å². The minimum atomic E-state index is -1.32. The monoisotopic (exact) mass is 346 g/mol. The van der Waals surface area contributed by atoms with Gasteiger partial charge in [-0.3, -0.25) is 19.2 Å². The minimum absolute atomic E-state index is 0.426. The van der Waals surface area contributed by atoms with Gasteiger partial charge >= 0.3 is 35.8 Å². The molecule has 0 aromatic rings. The normalized spacial score (nSPS) is 12.3. The molecular formula is C14H18O10. The molecule has 0 aliphatic carbocycles. The average Bonchev–Trinajstić information content (AvgIpc) is 2.43. The van der Waals surface area contributed by atoms with Crippen LogP contribution in [0.5, 0.6) is 0 Å². The maximum Gasteiger partial charge on any atom is 0.354 e. The smallest absolute Gasteiger partial charge is 0.354 e. The van der Waals surface area contributed by atoms with Crippen LogP contribution in [-0.4, -0.2) is 48.0 Å². The van der Waals surface area contributed by atoms with Crippen LogP contribution in [0.15, 0.2) is 0 Å². The molecule has 0 saturated carbocycles. The molecule has 2 atom stereocenters. The lowest BCUT2D eigenvalue weighted by atomic mass is 10.3. The summed E-state index contributed by atoms with van der Waals surface area (Å²) in [4.78, 5) is 66.6. The maximum atomic E-state index is 11.5. The molecule has 0 radical (unpaired) electrons. The van der Waals surface area contributed by atoms with Gasteiger partial charge in [-0.05, 0) is 13.8 Å². The second kappa shape index (κ2) is 10.1. The van der Waals surface area contributed by atoms with Crippen LogP contribution in [0.1, 0.15) is 40.5 Å². The lowest BCUT2D eigenvalue weighted by Gasteiger charge is -2.12. The van der Waals surface area contributed by atoms with E-state index in [0.717, 1.165) is 13.8 Å². The Morgan fingerprint density at radius 3 is 1.21 bits per heavy atom. The number of esters is 6. The summed E-state index contributed by atoms with van der Waals surface area (Å²) in [5.74, 6) is -5.59. The summed E-state index contributed by atoms with van der Waals surface area (Å²) in [5.41, 5.74) is 0. The van der Waals surface area contributed by atoms with Gasteiger partial charge in [0.25, 0.3) is 0 Å². The zero-order valence-electron chi connectivity index (χ0n) is 13.7. The van der Waals surface area contributed by atoms with E-state index >= 15 is 0 Å². The van der Waals surface area contributed by atoms with E-state index in [0.29, 0.717) is 0 Å². The van der Waals surface area contributed by atoms with Crippen LogP contribution in [0, 0.1) is 0 Å². The van der Waals surface area contributed by atoms with Gasteiger partial charge in [0, 0.05) is 13.8 Å². The fourth-order valence-corrected chi connectivity index (χ4v) is 1.26. The van der Waals surface area contributed by atoms with E-state index < -0.39 is 60.9 Å². The Morgan fingerprint density at radius 1 is 0.667 bits per heavy atom. The molecule has 2 unspecified atom stereocenters. The zero-order chi connectivity index (χ0) is 18.9. The number of carbonyl (C=O) groups excluding carboxylic acids is 6. The molecule has 0 heterocycles. The first-order valence-electron chi connectivity index (χ1n) is 6.86. The standard InChI is InChI=1S/C14H18O10/c1-7(13(19)23-9(3)15)21-11(17)5-6-12(18)22-8(2)14(20)24-10(4)16/h7-8H,5-6H2,1-4H3. The molecule has 0 amide bonds. The van der Waals surface area contributed by atoms with E-state index in [2.05, 4.69) is 18.9 Å². The number of rotatable bonds is 7. The predicted octanol–water partition coefficient (Wildman–Crippen LogP) is -0.191. The summed E-state index contributed by atoms with van der Waals surface area (Å²) in [6.45, 7) is 4.42. The predicted molar refractivity (Wildman–Crippen MR) is 73.9 cm³/mol. The topological polar surface area (TPSA) is 139 Å². The fourth-order valence-electron chi connectivity index (χ4n) is 1.26. The number of hydrogen-bond donors (Lipinski definition) is 0. The van der Waals surface area contributed by atoms with Crippen molar-refractivity contribution >= 4 is 35.8 Å². The van der Waals surface area contributed by atoms with Crippen LogP contribution in [0.2, 0.25) is 0 Å². The Kier molecular flexibility index (Phi) is 8.91. The van der Waals surface area contributed by atoms with Crippen LogP contribution in [-0.2, 0) is 47.7 Å². The molecule has 0 bridgehead atoms. The van der Waals surface area contributed by atoms with Gasteiger partial charge in [-0.25, -0.2) is 9.59 Å².